The van der Waals surface area contributed by atoms with Crippen LogP contribution in [0.2, 0.25) is 0 Å². The van der Waals surface area contributed by atoms with E-state index in [-0.39, 0.29) is 13.2 Å². The van der Waals surface area contributed by atoms with Gasteiger partial charge in [-0.2, -0.15) is 5.26 Å². The van der Waals surface area contributed by atoms with Gasteiger partial charge in [0, 0.05) is 0 Å². The van der Waals surface area contributed by atoms with Crippen LogP contribution in [0.5, 0.6) is 0 Å². The second-order valence-corrected chi connectivity index (χ2v) is 3.52. The summed E-state index contributed by atoms with van der Waals surface area (Å²) in [5.74, 6) is 0. The van der Waals surface area contributed by atoms with Gasteiger partial charge in [-0.3, -0.25) is 0 Å². The molecule has 0 heterocycles. The number of hydrogen-bond acceptors (Lipinski definition) is 3. The molecule has 0 amide bonds. The van der Waals surface area contributed by atoms with Gasteiger partial charge in [0.1, 0.15) is 5.41 Å². The lowest BCUT2D eigenvalue weighted by molar-refractivity contribution is 0.0900. The number of nitrogens with zero attached hydrogens (tertiary/aromatic N) is 1. The average Bonchev–Trinajstić information content (AvgIpc) is 2.20. The molecule has 0 atom stereocenters. The van der Waals surface area contributed by atoms with E-state index in [9.17, 15) is 0 Å². The monoisotopic (exact) mass is 185 g/mol. The Morgan fingerprint density at radius 2 is 1.77 bits per heavy atom. The van der Waals surface area contributed by atoms with E-state index in [1.807, 2.05) is 6.07 Å². The van der Waals surface area contributed by atoms with Crippen molar-refractivity contribution in [3.05, 3.63) is 0 Å². The van der Waals surface area contributed by atoms with Crippen molar-refractivity contribution in [3.8, 4) is 6.07 Å². The minimum absolute atomic E-state index is 0.244. The number of rotatable bonds is 7. The summed E-state index contributed by atoms with van der Waals surface area (Å²) in [7, 11) is 0. The highest BCUT2D eigenvalue weighted by atomic mass is 16.3. The van der Waals surface area contributed by atoms with Crippen molar-refractivity contribution in [1.82, 2.24) is 0 Å². The van der Waals surface area contributed by atoms with Crippen molar-refractivity contribution in [3.63, 3.8) is 0 Å². The highest BCUT2D eigenvalue weighted by Gasteiger charge is 2.27. The highest BCUT2D eigenvalue weighted by molar-refractivity contribution is 4.98. The first-order valence-electron chi connectivity index (χ1n) is 4.87. The van der Waals surface area contributed by atoms with Gasteiger partial charge in [0.15, 0.2) is 0 Å². The Balaban J connectivity index is 3.77. The van der Waals surface area contributed by atoms with Crippen LogP contribution in [0, 0.1) is 16.7 Å². The Hall–Kier alpha value is -0.590. The van der Waals surface area contributed by atoms with Gasteiger partial charge < -0.3 is 10.2 Å². The first-order chi connectivity index (χ1) is 6.24. The Labute approximate surface area is 80.0 Å². The molecule has 0 aliphatic heterocycles. The van der Waals surface area contributed by atoms with Gasteiger partial charge in [-0.1, -0.05) is 32.6 Å². The van der Waals surface area contributed by atoms with Crippen LogP contribution in [-0.4, -0.2) is 23.4 Å². The lowest BCUT2D eigenvalue weighted by atomic mass is 9.86. The van der Waals surface area contributed by atoms with Gasteiger partial charge in [0.25, 0.3) is 0 Å². The number of aliphatic hydroxyl groups is 2. The second kappa shape index (κ2) is 6.88. The molecule has 0 saturated heterocycles. The van der Waals surface area contributed by atoms with Crippen molar-refractivity contribution in [2.24, 2.45) is 5.41 Å². The molecule has 0 bridgehead atoms. The second-order valence-electron chi connectivity index (χ2n) is 3.52. The van der Waals surface area contributed by atoms with Crippen LogP contribution < -0.4 is 0 Å². The molecule has 3 heteroatoms. The molecule has 0 aliphatic rings. The highest BCUT2D eigenvalue weighted by Crippen LogP contribution is 2.23. The molecule has 76 valence electrons. The van der Waals surface area contributed by atoms with E-state index in [0.29, 0.717) is 6.42 Å². The van der Waals surface area contributed by atoms with Crippen molar-refractivity contribution in [1.29, 1.82) is 5.26 Å². The summed E-state index contributed by atoms with van der Waals surface area (Å²) in [5.41, 5.74) is -0.909. The maximum atomic E-state index is 8.95. The molecule has 13 heavy (non-hydrogen) atoms. The van der Waals surface area contributed by atoms with E-state index in [4.69, 9.17) is 15.5 Å². The third-order valence-corrected chi connectivity index (χ3v) is 2.35. The zero-order chi connectivity index (χ0) is 10.2. The summed E-state index contributed by atoms with van der Waals surface area (Å²) in [6.45, 7) is 1.63. The predicted octanol–water partition coefficient (Wildman–Crippen LogP) is 1.45. The van der Waals surface area contributed by atoms with Crippen LogP contribution in [0.15, 0.2) is 0 Å². The van der Waals surface area contributed by atoms with E-state index in [0.717, 1.165) is 25.7 Å². The summed E-state index contributed by atoms with van der Waals surface area (Å²) in [4.78, 5) is 0. The molecule has 0 spiro atoms. The number of hydrogen-bond donors (Lipinski definition) is 2. The molecule has 0 saturated carbocycles. The number of unbranched alkanes of at least 4 members (excludes halogenated alkanes) is 3. The van der Waals surface area contributed by atoms with Crippen LogP contribution in [0.1, 0.15) is 39.0 Å². The molecule has 0 aromatic carbocycles. The lowest BCUT2D eigenvalue weighted by Crippen LogP contribution is -2.27. The Morgan fingerprint density at radius 3 is 2.15 bits per heavy atom. The minimum Gasteiger partial charge on any atom is -0.395 e. The molecular formula is C10H19NO2. The summed E-state index contributed by atoms with van der Waals surface area (Å²) in [5, 5.41) is 26.7. The third-order valence-electron chi connectivity index (χ3n) is 2.35. The Bertz CT molecular complexity index is 159. The topological polar surface area (TPSA) is 64.2 Å². The zero-order valence-corrected chi connectivity index (χ0v) is 8.29. The van der Waals surface area contributed by atoms with Crippen molar-refractivity contribution in [2.45, 2.75) is 39.0 Å². The van der Waals surface area contributed by atoms with E-state index >= 15 is 0 Å². The number of aliphatic hydroxyl groups excluding tert-OH is 2. The molecule has 3 nitrogen and oxygen atoms in total. The normalized spacial score (nSPS) is 11.2. The fourth-order valence-electron chi connectivity index (χ4n) is 1.22. The molecule has 0 aromatic rings. The first kappa shape index (κ1) is 12.4. The molecule has 0 aliphatic carbocycles. The smallest absolute Gasteiger partial charge is 0.103 e. The van der Waals surface area contributed by atoms with Crippen molar-refractivity contribution in [2.75, 3.05) is 13.2 Å². The maximum absolute atomic E-state index is 8.95. The SMILES string of the molecule is CCCCCCC(C#N)(CO)CO. The number of nitriles is 1. The van der Waals surface area contributed by atoms with E-state index in [1.54, 1.807) is 0 Å². The van der Waals surface area contributed by atoms with Gasteiger partial charge in [0.05, 0.1) is 19.3 Å². The molecule has 0 fully saturated rings. The molecular weight excluding hydrogens is 166 g/mol. The molecule has 0 aromatic heterocycles. The van der Waals surface area contributed by atoms with Crippen LogP contribution >= 0.6 is 0 Å². The molecule has 0 radical (unpaired) electrons. The fourth-order valence-corrected chi connectivity index (χ4v) is 1.22. The van der Waals surface area contributed by atoms with Crippen LogP contribution in [0.4, 0.5) is 0 Å². The van der Waals surface area contributed by atoms with Gasteiger partial charge in [0.2, 0.25) is 0 Å². The fraction of sp³-hybridized carbons (Fsp3) is 0.900. The average molecular weight is 185 g/mol. The van der Waals surface area contributed by atoms with E-state index in [1.165, 1.54) is 0 Å². The largest absolute Gasteiger partial charge is 0.395 e. The summed E-state index contributed by atoms with van der Waals surface area (Å²) in [6, 6.07) is 1.99. The van der Waals surface area contributed by atoms with Crippen LogP contribution in [0.3, 0.4) is 0 Å². The summed E-state index contributed by atoms with van der Waals surface area (Å²) < 4.78 is 0. The van der Waals surface area contributed by atoms with Gasteiger partial charge >= 0.3 is 0 Å². The Morgan fingerprint density at radius 1 is 1.15 bits per heavy atom. The van der Waals surface area contributed by atoms with Gasteiger partial charge in [-0.25, -0.2) is 0 Å². The predicted molar refractivity (Wildman–Crippen MR) is 51.0 cm³/mol. The quantitative estimate of drug-likeness (QED) is 0.590. The first-order valence-corrected chi connectivity index (χ1v) is 4.87. The summed E-state index contributed by atoms with van der Waals surface area (Å²) >= 11 is 0. The van der Waals surface area contributed by atoms with E-state index < -0.39 is 5.41 Å². The van der Waals surface area contributed by atoms with Gasteiger partial charge in [-0.05, 0) is 6.42 Å². The van der Waals surface area contributed by atoms with Gasteiger partial charge in [-0.15, -0.1) is 0 Å². The van der Waals surface area contributed by atoms with Crippen molar-refractivity contribution < 1.29 is 10.2 Å². The van der Waals surface area contributed by atoms with Crippen LogP contribution in [-0.2, 0) is 0 Å². The van der Waals surface area contributed by atoms with E-state index in [2.05, 4.69) is 6.92 Å². The van der Waals surface area contributed by atoms with Crippen molar-refractivity contribution >= 4 is 0 Å². The lowest BCUT2D eigenvalue weighted by Gasteiger charge is -2.20. The zero-order valence-electron chi connectivity index (χ0n) is 8.29. The Kier molecular flexibility index (Phi) is 6.56. The maximum Gasteiger partial charge on any atom is 0.103 e. The minimum atomic E-state index is -0.909. The van der Waals surface area contributed by atoms with Crippen LogP contribution in [0.25, 0.3) is 0 Å². The third kappa shape index (κ3) is 4.25. The summed E-state index contributed by atoms with van der Waals surface area (Å²) in [6.07, 6.45) is 4.87. The standard InChI is InChI=1S/C10H19NO2/c1-2-3-4-5-6-10(7-11,8-12)9-13/h12-13H,2-6,8-9H2,1H3. The molecule has 0 rings (SSSR count). The molecule has 2 N–H and O–H groups in total. The molecule has 0 unspecified atom stereocenters.